The number of hydrogen-bond acceptors (Lipinski definition) is 2. The van der Waals surface area contributed by atoms with Gasteiger partial charge >= 0.3 is 6.03 Å². The van der Waals surface area contributed by atoms with Crippen LogP contribution in [0.15, 0.2) is 18.2 Å². The first-order chi connectivity index (χ1) is 11.3. The van der Waals surface area contributed by atoms with Crippen molar-refractivity contribution in [3.63, 3.8) is 0 Å². The van der Waals surface area contributed by atoms with Crippen LogP contribution in [0.2, 0.25) is 0 Å². The molecule has 24 heavy (non-hydrogen) atoms. The van der Waals surface area contributed by atoms with E-state index >= 15 is 0 Å². The van der Waals surface area contributed by atoms with E-state index < -0.39 is 17.7 Å². The lowest BCUT2D eigenvalue weighted by atomic mass is 9.81. The Hall–Kier alpha value is -1.69. The average Bonchev–Trinajstić information content (AvgIpc) is 2.53. The topological polar surface area (TPSA) is 52.6 Å². The maximum Gasteiger partial charge on any atom is 0.317 e. The number of likely N-dealkylation sites (tertiary alicyclic amines) is 1. The van der Waals surface area contributed by atoms with Crippen LogP contribution in [0.5, 0.6) is 0 Å². The number of piperidine rings is 1. The van der Waals surface area contributed by atoms with Gasteiger partial charge in [-0.15, -0.1) is 0 Å². The van der Waals surface area contributed by atoms with Crippen LogP contribution in [0.1, 0.15) is 45.2 Å². The van der Waals surface area contributed by atoms with Gasteiger partial charge < -0.3 is 15.3 Å². The number of hydrogen-bond donors (Lipinski definition) is 2. The number of rotatable bonds is 4. The molecule has 0 radical (unpaired) electrons. The molecule has 134 valence electrons. The fraction of sp³-hybridized carbons (Fsp3) is 0.611. The summed E-state index contributed by atoms with van der Waals surface area (Å²) >= 11 is 0. The highest BCUT2D eigenvalue weighted by Crippen LogP contribution is 2.31. The molecule has 0 saturated carbocycles. The van der Waals surface area contributed by atoms with Gasteiger partial charge in [-0.25, -0.2) is 13.6 Å². The van der Waals surface area contributed by atoms with Crippen molar-refractivity contribution >= 4 is 6.03 Å². The Bertz CT molecular complexity index is 584. The Labute approximate surface area is 141 Å². The van der Waals surface area contributed by atoms with E-state index in [4.69, 9.17) is 0 Å². The zero-order chi connectivity index (χ0) is 17.9. The summed E-state index contributed by atoms with van der Waals surface area (Å²) in [7, 11) is 0. The molecule has 0 aliphatic carbocycles. The molecule has 4 nitrogen and oxygen atoms in total. The van der Waals surface area contributed by atoms with Crippen LogP contribution in [0.4, 0.5) is 13.6 Å². The molecule has 1 aliphatic heterocycles. The number of aliphatic hydroxyl groups excluding tert-OH is 1. The molecule has 1 aromatic rings. The second kappa shape index (κ2) is 7.47. The van der Waals surface area contributed by atoms with Crippen LogP contribution in [-0.4, -0.2) is 35.7 Å². The summed E-state index contributed by atoms with van der Waals surface area (Å²) < 4.78 is 27.2. The number of amides is 2. The molecule has 2 rings (SSSR count). The second-order valence-electron chi connectivity index (χ2n) is 7.29. The summed E-state index contributed by atoms with van der Waals surface area (Å²) in [6.45, 7) is 6.99. The Morgan fingerprint density at radius 3 is 2.46 bits per heavy atom. The lowest BCUT2D eigenvalue weighted by Crippen LogP contribution is -2.49. The normalized spacial score (nSPS) is 18.5. The number of halogens is 2. The first-order valence-electron chi connectivity index (χ1n) is 8.37. The van der Waals surface area contributed by atoms with Crippen molar-refractivity contribution in [3.05, 3.63) is 35.4 Å². The van der Waals surface area contributed by atoms with Crippen LogP contribution in [0.25, 0.3) is 0 Å². The summed E-state index contributed by atoms with van der Waals surface area (Å²) in [5, 5.41) is 12.3. The molecule has 2 amide bonds. The van der Waals surface area contributed by atoms with Gasteiger partial charge in [-0.2, -0.15) is 0 Å². The van der Waals surface area contributed by atoms with Crippen LogP contribution < -0.4 is 5.32 Å². The van der Waals surface area contributed by atoms with Gasteiger partial charge in [0.15, 0.2) is 0 Å². The van der Waals surface area contributed by atoms with Crippen molar-refractivity contribution in [2.45, 2.75) is 39.7 Å². The summed E-state index contributed by atoms with van der Waals surface area (Å²) in [5.74, 6) is -1.33. The number of aliphatic hydroxyl groups is 1. The van der Waals surface area contributed by atoms with Gasteiger partial charge in [-0.3, -0.25) is 0 Å². The van der Waals surface area contributed by atoms with Crippen LogP contribution >= 0.6 is 0 Å². The minimum atomic E-state index is -0.652. The zero-order valence-electron chi connectivity index (χ0n) is 14.5. The second-order valence-corrected chi connectivity index (χ2v) is 7.29. The van der Waals surface area contributed by atoms with E-state index in [-0.39, 0.29) is 29.5 Å². The zero-order valence-corrected chi connectivity index (χ0v) is 14.5. The molecular formula is C18H26F2N2O2. The lowest BCUT2D eigenvalue weighted by molar-refractivity contribution is 0.0689. The SMILES string of the molecule is CC(C)[C@@H](NC(=O)N1CCC(C)(CO)CC1)c1ccc(F)cc1F. The molecule has 1 heterocycles. The summed E-state index contributed by atoms with van der Waals surface area (Å²) in [5.41, 5.74) is 0.147. The fourth-order valence-electron chi connectivity index (χ4n) is 2.99. The quantitative estimate of drug-likeness (QED) is 0.882. The molecule has 0 spiro atoms. The molecule has 2 N–H and O–H groups in total. The lowest BCUT2D eigenvalue weighted by Gasteiger charge is -2.39. The fourth-order valence-corrected chi connectivity index (χ4v) is 2.99. The van der Waals surface area contributed by atoms with Crippen LogP contribution in [0, 0.1) is 23.0 Å². The Morgan fingerprint density at radius 1 is 1.33 bits per heavy atom. The van der Waals surface area contributed by atoms with E-state index in [2.05, 4.69) is 5.32 Å². The standard InChI is InChI=1S/C18H26F2N2O2/c1-12(2)16(14-5-4-13(19)10-15(14)20)21-17(24)22-8-6-18(3,11-23)7-9-22/h4-5,10,12,16,23H,6-9,11H2,1-3H3,(H,21,24)/t16-/m1/s1. The Kier molecular flexibility index (Phi) is 5.80. The molecule has 0 unspecified atom stereocenters. The van der Waals surface area contributed by atoms with E-state index in [1.807, 2.05) is 20.8 Å². The van der Waals surface area contributed by atoms with Crippen molar-refractivity contribution in [1.82, 2.24) is 10.2 Å². The average molecular weight is 340 g/mol. The highest BCUT2D eigenvalue weighted by atomic mass is 19.1. The number of urea groups is 1. The molecular weight excluding hydrogens is 314 g/mol. The predicted octanol–water partition coefficient (Wildman–Crippen LogP) is 3.47. The molecule has 1 fully saturated rings. The minimum absolute atomic E-state index is 0.0404. The van der Waals surface area contributed by atoms with Crippen molar-refractivity contribution in [1.29, 1.82) is 0 Å². The number of nitrogens with one attached hydrogen (secondary N) is 1. The van der Waals surface area contributed by atoms with Crippen molar-refractivity contribution in [2.24, 2.45) is 11.3 Å². The van der Waals surface area contributed by atoms with E-state index in [0.717, 1.165) is 18.9 Å². The third-order valence-corrected chi connectivity index (χ3v) is 4.88. The van der Waals surface area contributed by atoms with Gasteiger partial charge in [0.2, 0.25) is 0 Å². The molecule has 1 aromatic carbocycles. The number of benzene rings is 1. The Morgan fingerprint density at radius 2 is 1.96 bits per heavy atom. The molecule has 0 aromatic heterocycles. The van der Waals surface area contributed by atoms with E-state index in [0.29, 0.717) is 13.1 Å². The van der Waals surface area contributed by atoms with Gasteiger partial charge in [0.25, 0.3) is 0 Å². The van der Waals surface area contributed by atoms with Crippen molar-refractivity contribution in [2.75, 3.05) is 19.7 Å². The first-order valence-corrected chi connectivity index (χ1v) is 8.37. The maximum absolute atomic E-state index is 14.1. The first kappa shape index (κ1) is 18.6. The van der Waals surface area contributed by atoms with E-state index in [1.54, 1.807) is 4.90 Å². The van der Waals surface area contributed by atoms with Crippen molar-refractivity contribution in [3.8, 4) is 0 Å². The minimum Gasteiger partial charge on any atom is -0.396 e. The largest absolute Gasteiger partial charge is 0.396 e. The monoisotopic (exact) mass is 340 g/mol. The molecule has 1 atom stereocenters. The predicted molar refractivity (Wildman–Crippen MR) is 88.5 cm³/mol. The third kappa shape index (κ3) is 4.23. The summed E-state index contributed by atoms with van der Waals surface area (Å²) in [4.78, 5) is 14.2. The maximum atomic E-state index is 14.1. The molecule has 0 bridgehead atoms. The highest BCUT2D eigenvalue weighted by Gasteiger charge is 2.32. The number of carbonyl (C=O) groups excluding carboxylic acids is 1. The van der Waals surface area contributed by atoms with Gasteiger partial charge in [-0.1, -0.05) is 26.8 Å². The van der Waals surface area contributed by atoms with Gasteiger partial charge in [0.05, 0.1) is 6.04 Å². The van der Waals surface area contributed by atoms with Gasteiger partial charge in [0, 0.05) is 31.3 Å². The van der Waals surface area contributed by atoms with E-state index in [9.17, 15) is 18.7 Å². The third-order valence-electron chi connectivity index (χ3n) is 4.88. The summed E-state index contributed by atoms with van der Waals surface area (Å²) in [6.07, 6.45) is 1.46. The molecule has 1 saturated heterocycles. The molecule has 1 aliphatic rings. The summed E-state index contributed by atoms with van der Waals surface area (Å²) in [6, 6.07) is 2.65. The van der Waals surface area contributed by atoms with Gasteiger partial charge in [-0.05, 0) is 30.2 Å². The van der Waals surface area contributed by atoms with Crippen molar-refractivity contribution < 1.29 is 18.7 Å². The van der Waals surface area contributed by atoms with E-state index in [1.165, 1.54) is 12.1 Å². The molecule has 6 heteroatoms. The Balaban J connectivity index is 2.07. The smallest absolute Gasteiger partial charge is 0.317 e. The van der Waals surface area contributed by atoms with Gasteiger partial charge in [0.1, 0.15) is 11.6 Å². The number of nitrogens with zero attached hydrogens (tertiary/aromatic N) is 1. The number of carbonyl (C=O) groups is 1. The highest BCUT2D eigenvalue weighted by molar-refractivity contribution is 5.75. The van der Waals surface area contributed by atoms with Crippen LogP contribution in [0.3, 0.4) is 0 Å². The van der Waals surface area contributed by atoms with Crippen LogP contribution in [-0.2, 0) is 0 Å².